The quantitative estimate of drug-likeness (QED) is 0.187. The fourth-order valence-electron chi connectivity index (χ4n) is 2.67. The number of anilines is 3. The summed E-state index contributed by atoms with van der Waals surface area (Å²) in [6.07, 6.45) is 12.1. The highest BCUT2D eigenvalue weighted by atomic mass is 16.5. The van der Waals surface area contributed by atoms with E-state index in [4.69, 9.17) is 14.6 Å². The maximum Gasteiger partial charge on any atom is 0.231 e. The van der Waals surface area contributed by atoms with E-state index in [0.29, 0.717) is 38.6 Å². The summed E-state index contributed by atoms with van der Waals surface area (Å²) in [6, 6.07) is 0. The van der Waals surface area contributed by atoms with Crippen molar-refractivity contribution in [1.29, 1.82) is 0 Å². The van der Waals surface area contributed by atoms with Gasteiger partial charge in [-0.2, -0.15) is 15.0 Å². The number of nitrogens with zero attached hydrogens (tertiary/aromatic N) is 3. The van der Waals surface area contributed by atoms with Gasteiger partial charge in [0.25, 0.3) is 0 Å². The monoisotopic (exact) mass is 412 g/mol. The van der Waals surface area contributed by atoms with Crippen LogP contribution in [0.1, 0.15) is 78.1 Å². The molecule has 4 N–H and O–H groups in total. The molecule has 1 heterocycles. The second kappa shape index (κ2) is 18.3. The lowest BCUT2D eigenvalue weighted by atomic mass is 10.1. The van der Waals surface area contributed by atoms with Crippen LogP contribution in [0.15, 0.2) is 0 Å². The highest BCUT2D eigenvalue weighted by Crippen LogP contribution is 2.09. The number of hydrogen-bond donors (Lipinski definition) is 4. The molecular formula is C20H40N6O3. The molecule has 9 heteroatoms. The number of hydrogen-bond acceptors (Lipinski definition) is 9. The van der Waals surface area contributed by atoms with Crippen LogP contribution in [-0.2, 0) is 9.47 Å². The van der Waals surface area contributed by atoms with E-state index in [1.165, 1.54) is 51.4 Å². The molecule has 0 fully saturated rings. The number of unbranched alkanes of at least 4 members (excludes halogenated alkanes) is 8. The summed E-state index contributed by atoms with van der Waals surface area (Å²) in [7, 11) is 0. The van der Waals surface area contributed by atoms with Crippen molar-refractivity contribution in [2.24, 2.45) is 0 Å². The molecule has 1 aromatic heterocycles. The van der Waals surface area contributed by atoms with Gasteiger partial charge in [0, 0.05) is 13.2 Å². The first-order valence-corrected chi connectivity index (χ1v) is 11.0. The van der Waals surface area contributed by atoms with Gasteiger partial charge in [-0.25, -0.2) is 0 Å². The minimum Gasteiger partial charge on any atom is -0.376 e. The van der Waals surface area contributed by atoms with Crippen molar-refractivity contribution in [2.75, 3.05) is 49.4 Å². The molecule has 0 unspecified atom stereocenters. The molecule has 9 nitrogen and oxygen atoms in total. The van der Waals surface area contributed by atoms with Crippen LogP contribution in [0.3, 0.4) is 0 Å². The molecule has 0 spiro atoms. The SMILES string of the molecule is CCCCCCCCOCNc1nc(NCO)nc(NCOCCCCCC)n1. The molecule has 0 aliphatic rings. The lowest BCUT2D eigenvalue weighted by molar-refractivity contribution is 0.146. The molecule has 0 aliphatic heterocycles. The number of aliphatic hydroxyl groups is 1. The molecule has 0 amide bonds. The van der Waals surface area contributed by atoms with E-state index in [9.17, 15) is 0 Å². The summed E-state index contributed by atoms with van der Waals surface area (Å²) in [5.74, 6) is 1.04. The number of aliphatic hydroxyl groups excluding tert-OH is 1. The number of rotatable bonds is 20. The standard InChI is InChI=1S/C20H40N6O3/c1-3-5-7-9-10-12-14-29-17-23-20-25-18(21-15-27)24-19(26-20)22-16-28-13-11-8-6-4-2/h27H,3-17H2,1-2H3,(H3,21,22,23,24,25,26). The summed E-state index contributed by atoms with van der Waals surface area (Å²) < 4.78 is 11.2. The Balaban J connectivity index is 2.28. The Morgan fingerprint density at radius 3 is 1.52 bits per heavy atom. The normalized spacial score (nSPS) is 10.9. The van der Waals surface area contributed by atoms with Crippen LogP contribution in [0.25, 0.3) is 0 Å². The fourth-order valence-corrected chi connectivity index (χ4v) is 2.67. The van der Waals surface area contributed by atoms with Gasteiger partial charge in [-0.1, -0.05) is 65.2 Å². The number of aromatic nitrogens is 3. The van der Waals surface area contributed by atoms with E-state index >= 15 is 0 Å². The first kappa shape index (κ1) is 25.3. The van der Waals surface area contributed by atoms with Crippen molar-refractivity contribution in [2.45, 2.75) is 78.1 Å². The maximum atomic E-state index is 9.07. The van der Waals surface area contributed by atoms with Crippen molar-refractivity contribution in [3.63, 3.8) is 0 Å². The zero-order valence-corrected chi connectivity index (χ0v) is 18.2. The highest BCUT2D eigenvalue weighted by Gasteiger charge is 2.06. The minimum absolute atomic E-state index is 0.259. The van der Waals surface area contributed by atoms with Gasteiger partial charge in [0.15, 0.2) is 0 Å². The van der Waals surface area contributed by atoms with E-state index in [2.05, 4.69) is 44.7 Å². The molecule has 0 atom stereocenters. The van der Waals surface area contributed by atoms with Gasteiger partial charge in [-0.15, -0.1) is 0 Å². The summed E-state index contributed by atoms with van der Waals surface area (Å²) in [5, 5.41) is 17.8. The largest absolute Gasteiger partial charge is 0.376 e. The Bertz CT molecular complexity index is 507. The maximum absolute atomic E-state index is 9.07. The van der Waals surface area contributed by atoms with Crippen LogP contribution in [0.4, 0.5) is 17.8 Å². The minimum atomic E-state index is -0.259. The van der Waals surface area contributed by atoms with E-state index in [0.717, 1.165) is 12.8 Å². The third-order valence-corrected chi connectivity index (χ3v) is 4.32. The Morgan fingerprint density at radius 2 is 1.03 bits per heavy atom. The molecule has 0 saturated heterocycles. The second-order valence-corrected chi connectivity index (χ2v) is 6.93. The van der Waals surface area contributed by atoms with Gasteiger partial charge < -0.3 is 30.5 Å². The van der Waals surface area contributed by atoms with E-state index in [1.807, 2.05) is 0 Å². The van der Waals surface area contributed by atoms with E-state index < -0.39 is 0 Å². The van der Waals surface area contributed by atoms with E-state index in [1.54, 1.807) is 0 Å². The van der Waals surface area contributed by atoms with Gasteiger partial charge >= 0.3 is 0 Å². The molecule has 0 saturated carbocycles. The van der Waals surface area contributed by atoms with Crippen molar-refractivity contribution in [3.8, 4) is 0 Å². The fraction of sp³-hybridized carbons (Fsp3) is 0.850. The molecule has 1 aromatic rings. The smallest absolute Gasteiger partial charge is 0.231 e. The molecule has 0 aromatic carbocycles. The average molecular weight is 413 g/mol. The predicted molar refractivity (Wildman–Crippen MR) is 117 cm³/mol. The second-order valence-electron chi connectivity index (χ2n) is 6.93. The van der Waals surface area contributed by atoms with Crippen LogP contribution in [-0.4, -0.2) is 53.5 Å². The van der Waals surface area contributed by atoms with Gasteiger partial charge in [-0.3, -0.25) is 0 Å². The van der Waals surface area contributed by atoms with Gasteiger partial charge in [0.1, 0.15) is 20.2 Å². The Kier molecular flexibility index (Phi) is 16.0. The Morgan fingerprint density at radius 1 is 0.621 bits per heavy atom. The van der Waals surface area contributed by atoms with Crippen molar-refractivity contribution < 1.29 is 14.6 Å². The Hall–Kier alpha value is -1.71. The number of nitrogens with one attached hydrogen (secondary N) is 3. The third-order valence-electron chi connectivity index (χ3n) is 4.32. The van der Waals surface area contributed by atoms with Crippen LogP contribution in [0.2, 0.25) is 0 Å². The van der Waals surface area contributed by atoms with Crippen LogP contribution in [0, 0.1) is 0 Å². The Labute approximate surface area is 175 Å². The zero-order chi connectivity index (χ0) is 21.0. The lowest BCUT2D eigenvalue weighted by Crippen LogP contribution is -2.16. The average Bonchev–Trinajstić information content (AvgIpc) is 2.72. The molecule has 0 radical (unpaired) electrons. The summed E-state index contributed by atoms with van der Waals surface area (Å²) in [5.41, 5.74) is 0. The van der Waals surface area contributed by atoms with Crippen molar-refractivity contribution >= 4 is 17.8 Å². The molecular weight excluding hydrogens is 372 g/mol. The third kappa shape index (κ3) is 14.0. The van der Waals surface area contributed by atoms with Crippen LogP contribution < -0.4 is 16.0 Å². The molecule has 29 heavy (non-hydrogen) atoms. The van der Waals surface area contributed by atoms with Crippen molar-refractivity contribution in [1.82, 2.24) is 15.0 Å². The molecule has 0 bridgehead atoms. The summed E-state index contributed by atoms with van der Waals surface area (Å²) in [6.45, 7) is 6.21. The summed E-state index contributed by atoms with van der Waals surface area (Å²) >= 11 is 0. The molecule has 168 valence electrons. The van der Waals surface area contributed by atoms with E-state index in [-0.39, 0.29) is 12.7 Å². The topological polar surface area (TPSA) is 113 Å². The van der Waals surface area contributed by atoms with Crippen molar-refractivity contribution in [3.05, 3.63) is 0 Å². The summed E-state index contributed by atoms with van der Waals surface area (Å²) in [4.78, 5) is 12.7. The first-order valence-electron chi connectivity index (χ1n) is 11.0. The van der Waals surface area contributed by atoms with Gasteiger partial charge in [0.05, 0.1) is 0 Å². The zero-order valence-electron chi connectivity index (χ0n) is 18.2. The predicted octanol–water partition coefficient (Wildman–Crippen LogP) is 3.95. The molecule has 1 rings (SSSR count). The van der Waals surface area contributed by atoms with Crippen LogP contribution >= 0.6 is 0 Å². The van der Waals surface area contributed by atoms with Crippen LogP contribution in [0.5, 0.6) is 0 Å². The number of ether oxygens (including phenoxy) is 2. The van der Waals surface area contributed by atoms with Gasteiger partial charge in [-0.05, 0) is 12.8 Å². The first-order chi connectivity index (χ1) is 14.3. The lowest BCUT2D eigenvalue weighted by Gasteiger charge is -2.11. The van der Waals surface area contributed by atoms with Gasteiger partial charge in [0.2, 0.25) is 17.8 Å². The molecule has 0 aliphatic carbocycles. The highest BCUT2D eigenvalue weighted by molar-refractivity contribution is 5.41.